The number of carbonyl (C=O) groups is 1. The molecule has 0 fully saturated rings. The Balaban J connectivity index is 3.29. The topological polar surface area (TPSA) is 107 Å². The van der Waals surface area contributed by atoms with Crippen LogP contribution in [-0.2, 0) is 0 Å². The van der Waals surface area contributed by atoms with Gasteiger partial charge in [0.2, 0.25) is 0 Å². The summed E-state index contributed by atoms with van der Waals surface area (Å²) in [5.74, 6) is -0.568. The third-order valence-electron chi connectivity index (χ3n) is 2.56. The summed E-state index contributed by atoms with van der Waals surface area (Å²) >= 11 is 0. The van der Waals surface area contributed by atoms with Crippen LogP contribution in [0.5, 0.6) is 0 Å². The van der Waals surface area contributed by atoms with Gasteiger partial charge in [0, 0.05) is 25.2 Å². The molecule has 1 amide bonds. The average Bonchev–Trinajstić information content (AvgIpc) is 2.45. The van der Waals surface area contributed by atoms with E-state index < -0.39 is 27.1 Å². The Morgan fingerprint density at radius 1 is 1.05 bits per heavy atom. The highest BCUT2D eigenvalue weighted by Gasteiger charge is 2.22. The molecular weight excluding hydrogens is 278 g/mol. The van der Waals surface area contributed by atoms with Crippen molar-refractivity contribution in [3.63, 3.8) is 0 Å². The van der Waals surface area contributed by atoms with Crippen molar-refractivity contribution in [2.45, 2.75) is 0 Å². The van der Waals surface area contributed by atoms with E-state index >= 15 is 0 Å². The standard InChI is InChI=1S/C13H13N3O5/c1-3-5-14(6-4-2)13(17)10-7-11(15(18)19)9-12(8-10)16(20)21/h3-4,7-9H,1-2,5-6H2. The van der Waals surface area contributed by atoms with E-state index in [4.69, 9.17) is 0 Å². The lowest BCUT2D eigenvalue weighted by Gasteiger charge is -2.19. The van der Waals surface area contributed by atoms with E-state index in [1.807, 2.05) is 0 Å². The second-order valence-electron chi connectivity index (χ2n) is 4.04. The van der Waals surface area contributed by atoms with E-state index in [1.54, 1.807) is 0 Å². The Hall–Kier alpha value is -3.03. The molecule has 0 aromatic heterocycles. The molecule has 0 bridgehead atoms. The Labute approximate surface area is 120 Å². The monoisotopic (exact) mass is 291 g/mol. The molecule has 1 rings (SSSR count). The summed E-state index contributed by atoms with van der Waals surface area (Å²) in [5.41, 5.74) is -1.14. The highest BCUT2D eigenvalue weighted by atomic mass is 16.6. The normalized spacial score (nSPS) is 9.71. The van der Waals surface area contributed by atoms with E-state index in [0.717, 1.165) is 18.2 Å². The molecule has 0 aliphatic rings. The van der Waals surface area contributed by atoms with Gasteiger partial charge >= 0.3 is 0 Å². The highest BCUT2D eigenvalue weighted by Crippen LogP contribution is 2.23. The molecule has 0 atom stereocenters. The molecule has 1 aromatic carbocycles. The molecule has 0 spiro atoms. The summed E-state index contributed by atoms with van der Waals surface area (Å²) in [6.07, 6.45) is 2.96. The zero-order valence-electron chi connectivity index (χ0n) is 11.1. The van der Waals surface area contributed by atoms with E-state index in [0.29, 0.717) is 0 Å². The van der Waals surface area contributed by atoms with Crippen LogP contribution in [0.2, 0.25) is 0 Å². The summed E-state index contributed by atoms with van der Waals surface area (Å²) in [4.78, 5) is 33.6. The van der Waals surface area contributed by atoms with Crippen LogP contribution in [0.3, 0.4) is 0 Å². The maximum Gasteiger partial charge on any atom is 0.277 e. The van der Waals surface area contributed by atoms with Crippen LogP contribution in [0.4, 0.5) is 11.4 Å². The predicted octanol–water partition coefficient (Wildman–Crippen LogP) is 2.32. The van der Waals surface area contributed by atoms with Crippen molar-refractivity contribution in [3.8, 4) is 0 Å². The first-order valence-electron chi connectivity index (χ1n) is 5.85. The van der Waals surface area contributed by atoms with E-state index in [2.05, 4.69) is 13.2 Å². The number of nitro benzene ring substituents is 2. The Bertz CT molecular complexity index is 570. The number of non-ortho nitro benzene ring substituents is 2. The maximum absolute atomic E-state index is 12.3. The van der Waals surface area contributed by atoms with Gasteiger partial charge in [-0.2, -0.15) is 0 Å². The largest absolute Gasteiger partial charge is 0.331 e. The van der Waals surface area contributed by atoms with Crippen LogP contribution in [-0.4, -0.2) is 33.7 Å². The number of nitro groups is 2. The van der Waals surface area contributed by atoms with Crippen LogP contribution in [0.15, 0.2) is 43.5 Å². The lowest BCUT2D eigenvalue weighted by atomic mass is 10.1. The number of nitrogens with zero attached hydrogens (tertiary/aromatic N) is 3. The molecule has 8 heteroatoms. The molecule has 0 heterocycles. The Morgan fingerprint density at radius 3 is 1.81 bits per heavy atom. The van der Waals surface area contributed by atoms with Gasteiger partial charge in [-0.05, 0) is 0 Å². The van der Waals surface area contributed by atoms with Gasteiger partial charge in [0.05, 0.1) is 21.5 Å². The number of carbonyl (C=O) groups excluding carboxylic acids is 1. The number of hydrogen-bond acceptors (Lipinski definition) is 5. The van der Waals surface area contributed by atoms with Crippen LogP contribution >= 0.6 is 0 Å². The fourth-order valence-electron chi connectivity index (χ4n) is 1.66. The van der Waals surface area contributed by atoms with Gasteiger partial charge in [-0.3, -0.25) is 25.0 Å². The number of benzene rings is 1. The molecule has 0 saturated carbocycles. The van der Waals surface area contributed by atoms with Crippen molar-refractivity contribution in [3.05, 3.63) is 69.3 Å². The van der Waals surface area contributed by atoms with Gasteiger partial charge in [0.15, 0.2) is 0 Å². The van der Waals surface area contributed by atoms with Gasteiger partial charge in [-0.25, -0.2) is 0 Å². The SMILES string of the molecule is C=CCN(CC=C)C(=O)c1cc([N+](=O)[O-])cc([N+](=O)[O-])c1. The fraction of sp³-hybridized carbons (Fsp3) is 0.154. The summed E-state index contributed by atoms with van der Waals surface area (Å²) in [7, 11) is 0. The first-order chi connectivity index (χ1) is 9.90. The van der Waals surface area contributed by atoms with Crippen molar-refractivity contribution in [2.75, 3.05) is 13.1 Å². The minimum absolute atomic E-state index is 0.125. The maximum atomic E-state index is 12.3. The van der Waals surface area contributed by atoms with E-state index in [9.17, 15) is 25.0 Å². The summed E-state index contributed by atoms with van der Waals surface area (Å²) < 4.78 is 0. The first kappa shape index (κ1) is 16.0. The van der Waals surface area contributed by atoms with Crippen LogP contribution in [0.25, 0.3) is 0 Å². The van der Waals surface area contributed by atoms with Crippen molar-refractivity contribution in [1.29, 1.82) is 0 Å². The van der Waals surface area contributed by atoms with Crippen molar-refractivity contribution in [2.24, 2.45) is 0 Å². The number of amides is 1. The zero-order chi connectivity index (χ0) is 16.0. The van der Waals surface area contributed by atoms with Gasteiger partial charge in [0.1, 0.15) is 0 Å². The molecule has 0 unspecified atom stereocenters. The third kappa shape index (κ3) is 3.96. The fourth-order valence-corrected chi connectivity index (χ4v) is 1.66. The van der Waals surface area contributed by atoms with Crippen molar-refractivity contribution in [1.82, 2.24) is 4.90 Å². The Morgan fingerprint density at radius 2 is 1.48 bits per heavy atom. The number of rotatable bonds is 7. The molecular formula is C13H13N3O5. The lowest BCUT2D eigenvalue weighted by Crippen LogP contribution is -2.31. The molecule has 0 aliphatic carbocycles. The second kappa shape index (κ2) is 6.94. The summed E-state index contributed by atoms with van der Waals surface area (Å²) in [6.45, 7) is 7.40. The summed E-state index contributed by atoms with van der Waals surface area (Å²) in [6, 6.07) is 2.82. The first-order valence-corrected chi connectivity index (χ1v) is 5.85. The summed E-state index contributed by atoms with van der Waals surface area (Å²) in [5, 5.41) is 21.6. The van der Waals surface area contributed by atoms with Crippen LogP contribution < -0.4 is 0 Å². The third-order valence-corrected chi connectivity index (χ3v) is 2.56. The Kier molecular flexibility index (Phi) is 5.30. The van der Waals surface area contributed by atoms with Crippen LogP contribution in [0, 0.1) is 20.2 Å². The molecule has 110 valence electrons. The number of hydrogen-bond donors (Lipinski definition) is 0. The van der Waals surface area contributed by atoms with Gasteiger partial charge in [-0.1, -0.05) is 12.2 Å². The average molecular weight is 291 g/mol. The lowest BCUT2D eigenvalue weighted by molar-refractivity contribution is -0.394. The van der Waals surface area contributed by atoms with Crippen LogP contribution in [0.1, 0.15) is 10.4 Å². The smallest absolute Gasteiger partial charge is 0.277 e. The molecule has 21 heavy (non-hydrogen) atoms. The molecule has 1 aromatic rings. The minimum atomic E-state index is -0.783. The molecule has 0 saturated heterocycles. The van der Waals surface area contributed by atoms with Crippen molar-refractivity contribution < 1.29 is 14.6 Å². The van der Waals surface area contributed by atoms with Gasteiger partial charge < -0.3 is 4.90 Å². The molecule has 8 nitrogen and oxygen atoms in total. The quantitative estimate of drug-likeness (QED) is 0.435. The molecule has 0 N–H and O–H groups in total. The van der Waals surface area contributed by atoms with Gasteiger partial charge in [0.25, 0.3) is 17.3 Å². The van der Waals surface area contributed by atoms with E-state index in [-0.39, 0.29) is 18.7 Å². The molecule has 0 radical (unpaired) electrons. The highest BCUT2D eigenvalue weighted by molar-refractivity contribution is 5.95. The van der Waals surface area contributed by atoms with E-state index in [1.165, 1.54) is 17.1 Å². The molecule has 0 aliphatic heterocycles. The zero-order valence-corrected chi connectivity index (χ0v) is 11.1. The second-order valence-corrected chi connectivity index (χ2v) is 4.04. The minimum Gasteiger partial charge on any atom is -0.331 e. The predicted molar refractivity (Wildman–Crippen MR) is 76.0 cm³/mol. The van der Waals surface area contributed by atoms with Gasteiger partial charge in [-0.15, -0.1) is 13.2 Å². The van der Waals surface area contributed by atoms with Crippen molar-refractivity contribution >= 4 is 17.3 Å².